The molecule has 9 saturated carbocycles. The molecular weight excluding hydrogens is 252 g/mol. The summed E-state index contributed by atoms with van der Waals surface area (Å²) in [6.45, 7) is 0. The molecule has 11 aliphatic carbocycles. The molecule has 4 spiro atoms. The molecule has 9 fully saturated rings. The highest BCUT2D eigenvalue weighted by Gasteiger charge is 3.19. The second-order valence-electron chi connectivity index (χ2n) is 11.6. The topological polar surface area (TPSA) is 0 Å². The average Bonchev–Trinajstić information content (AvgIpc) is 2.97. The van der Waals surface area contributed by atoms with Crippen molar-refractivity contribution in [2.45, 2.75) is 25.7 Å². The highest BCUT2D eigenvalue weighted by atomic mass is 15.2. The van der Waals surface area contributed by atoms with Gasteiger partial charge in [-0.05, 0) is 112 Å². The quantitative estimate of drug-likeness (QED) is 0.593. The highest BCUT2D eigenvalue weighted by molar-refractivity contribution is 5.68. The van der Waals surface area contributed by atoms with Gasteiger partial charge in [0, 0.05) is 0 Å². The second kappa shape index (κ2) is 1.65. The van der Waals surface area contributed by atoms with Gasteiger partial charge in [0.05, 0.1) is 0 Å². The van der Waals surface area contributed by atoms with Crippen molar-refractivity contribution in [3.63, 3.8) is 0 Å². The van der Waals surface area contributed by atoms with Gasteiger partial charge in [0.2, 0.25) is 0 Å². The van der Waals surface area contributed by atoms with Gasteiger partial charge in [0.1, 0.15) is 0 Å². The minimum atomic E-state index is 0.952. The molecule has 11 aliphatic rings. The van der Waals surface area contributed by atoms with E-state index >= 15 is 0 Å². The van der Waals surface area contributed by atoms with Crippen molar-refractivity contribution < 1.29 is 0 Å². The van der Waals surface area contributed by atoms with E-state index in [0.717, 1.165) is 33.5 Å². The molecule has 0 aliphatic heterocycles. The molecule has 15 atom stereocenters. The van der Waals surface area contributed by atoms with E-state index in [4.69, 9.17) is 0 Å². The van der Waals surface area contributed by atoms with E-state index in [1.54, 1.807) is 25.7 Å². The summed E-state index contributed by atoms with van der Waals surface area (Å²) < 4.78 is 0. The molecule has 0 nitrogen and oxygen atoms in total. The normalized spacial score (nSPS) is 100. The molecule has 0 heteroatoms. The van der Waals surface area contributed by atoms with E-state index in [-0.39, 0.29) is 0 Å². The molecule has 0 radical (unpaired) electrons. The van der Waals surface area contributed by atoms with Crippen LogP contribution in [0.1, 0.15) is 25.7 Å². The largest absolute Gasteiger partial charge is 0.0810 e. The van der Waals surface area contributed by atoms with E-state index in [1.165, 1.54) is 53.3 Å². The van der Waals surface area contributed by atoms with Crippen molar-refractivity contribution >= 4 is 0 Å². The monoisotopic (exact) mass is 272 g/mol. The first-order valence-electron chi connectivity index (χ1n) is 10.1. The maximum atomic E-state index is 2.88. The third kappa shape index (κ3) is 0.323. The van der Waals surface area contributed by atoms with E-state index in [2.05, 4.69) is 6.08 Å². The van der Waals surface area contributed by atoms with Gasteiger partial charge in [-0.1, -0.05) is 11.6 Å². The Bertz CT molecular complexity index is 837. The lowest BCUT2D eigenvalue weighted by Gasteiger charge is -3.20. The summed E-state index contributed by atoms with van der Waals surface area (Å²) in [5.74, 6) is 13.7. The number of fused-ring (bicyclic) bond motifs is 7. The summed E-state index contributed by atoms with van der Waals surface area (Å²) in [5, 5.41) is 0. The van der Waals surface area contributed by atoms with Crippen LogP contribution in [0.25, 0.3) is 0 Å². The number of rotatable bonds is 0. The maximum Gasteiger partial charge on any atom is -0.00640 e. The van der Waals surface area contributed by atoms with Crippen molar-refractivity contribution in [1.82, 2.24) is 0 Å². The van der Waals surface area contributed by atoms with Gasteiger partial charge in [0.15, 0.2) is 0 Å². The van der Waals surface area contributed by atoms with Crippen molar-refractivity contribution in [3.05, 3.63) is 11.6 Å². The Kier molecular flexibility index (Phi) is 0.674. The van der Waals surface area contributed by atoms with Gasteiger partial charge >= 0.3 is 0 Å². The number of hydrogen-bond donors (Lipinski definition) is 0. The molecule has 0 saturated heterocycles. The van der Waals surface area contributed by atoms with Crippen LogP contribution in [0.3, 0.4) is 0 Å². The van der Waals surface area contributed by atoms with Gasteiger partial charge in [0.25, 0.3) is 0 Å². The Morgan fingerprint density at radius 3 is 2.33 bits per heavy atom. The summed E-state index contributed by atoms with van der Waals surface area (Å²) in [6, 6.07) is 0. The van der Waals surface area contributed by atoms with E-state index < -0.39 is 0 Å². The van der Waals surface area contributed by atoms with Gasteiger partial charge < -0.3 is 0 Å². The number of allylic oxidation sites excluding steroid dienone is 2. The molecule has 15 unspecified atom stereocenters. The Morgan fingerprint density at radius 2 is 1.52 bits per heavy atom. The lowest BCUT2D eigenvalue weighted by Crippen LogP contribution is -3.17. The fraction of sp³-hybridized carbons (Fsp3) is 0.905. The van der Waals surface area contributed by atoms with Crippen LogP contribution < -0.4 is 0 Å². The van der Waals surface area contributed by atoms with Gasteiger partial charge in [-0.25, -0.2) is 0 Å². The summed E-state index contributed by atoms with van der Waals surface area (Å²) in [4.78, 5) is 0. The second-order valence-corrected chi connectivity index (χ2v) is 11.6. The third-order valence-electron chi connectivity index (χ3n) is 13.7. The van der Waals surface area contributed by atoms with E-state index in [9.17, 15) is 0 Å². The number of hydrogen-bond acceptors (Lipinski definition) is 0. The summed E-state index contributed by atoms with van der Waals surface area (Å²) in [5.41, 5.74) is 6.10. The minimum Gasteiger partial charge on any atom is -0.0810 e. The van der Waals surface area contributed by atoms with Crippen LogP contribution in [-0.2, 0) is 0 Å². The average molecular weight is 272 g/mol. The molecule has 0 aromatic rings. The van der Waals surface area contributed by atoms with E-state index in [0.29, 0.717) is 0 Å². The Morgan fingerprint density at radius 1 is 0.810 bits per heavy atom. The van der Waals surface area contributed by atoms with Crippen molar-refractivity contribution in [1.29, 1.82) is 0 Å². The Labute approximate surface area is 124 Å². The molecule has 0 N–H and O–H groups in total. The minimum absolute atomic E-state index is 0.952. The zero-order valence-electron chi connectivity index (χ0n) is 12.3. The fourth-order valence-corrected chi connectivity index (χ4v) is 15.2. The van der Waals surface area contributed by atoms with E-state index in [1.807, 2.05) is 5.57 Å². The molecule has 0 aromatic heterocycles. The van der Waals surface area contributed by atoms with Crippen LogP contribution in [0.2, 0.25) is 0 Å². The summed E-state index contributed by atoms with van der Waals surface area (Å²) in [6.07, 6.45) is 9.53. The van der Waals surface area contributed by atoms with Crippen molar-refractivity contribution in [3.8, 4) is 0 Å². The zero-order chi connectivity index (χ0) is 12.5. The standard InChI is InChI=1S/C21H20/c1-6-2-10-14-15-11-4-8-5-12-16-17-13-7(1)3-9(6)19(10,13)21(14,17)20(15,16)18(8,11)12/h3,6,8-17H,1-2,4-5H2. The molecule has 0 heterocycles. The predicted octanol–water partition coefficient (Wildman–Crippen LogP) is 3.35. The molecular formula is C21H20. The smallest absolute Gasteiger partial charge is 0.00640 e. The van der Waals surface area contributed by atoms with Crippen LogP contribution in [-0.4, -0.2) is 0 Å². The molecule has 21 heavy (non-hydrogen) atoms. The lowest BCUT2D eigenvalue weighted by atomic mass is 8.83. The molecule has 2 bridgehead atoms. The van der Waals surface area contributed by atoms with Crippen LogP contribution in [0.4, 0.5) is 0 Å². The lowest BCUT2D eigenvalue weighted by molar-refractivity contribution is -0.741. The molecule has 0 amide bonds. The summed E-state index contributed by atoms with van der Waals surface area (Å²) >= 11 is 0. The van der Waals surface area contributed by atoms with Crippen molar-refractivity contribution in [2.75, 3.05) is 0 Å². The first-order valence-corrected chi connectivity index (χ1v) is 10.1. The SMILES string of the molecule is C1=C2CC3CC4C5C6C7CC8CC9C%10C%11C2C4(C13)C5%11C6%10C879. The predicted molar refractivity (Wildman–Crippen MR) is 74.7 cm³/mol. The fourth-order valence-electron chi connectivity index (χ4n) is 15.2. The van der Waals surface area contributed by atoms with Gasteiger partial charge in [-0.15, -0.1) is 0 Å². The zero-order valence-corrected chi connectivity index (χ0v) is 12.3. The summed E-state index contributed by atoms with van der Waals surface area (Å²) in [7, 11) is 0. The Balaban J connectivity index is 1.30. The maximum absolute atomic E-state index is 2.88. The highest BCUT2D eigenvalue weighted by Crippen LogP contribution is 3.22. The van der Waals surface area contributed by atoms with Crippen LogP contribution in [0.15, 0.2) is 11.6 Å². The molecule has 0 aromatic carbocycles. The van der Waals surface area contributed by atoms with Crippen LogP contribution >= 0.6 is 0 Å². The van der Waals surface area contributed by atoms with Crippen LogP contribution in [0, 0.1) is 86.8 Å². The van der Waals surface area contributed by atoms with Gasteiger partial charge in [-0.2, -0.15) is 0 Å². The van der Waals surface area contributed by atoms with Crippen molar-refractivity contribution in [2.24, 2.45) is 86.8 Å². The first kappa shape index (κ1) is 8.55. The molecule has 104 valence electrons. The van der Waals surface area contributed by atoms with Gasteiger partial charge in [-0.3, -0.25) is 0 Å². The van der Waals surface area contributed by atoms with Crippen LogP contribution in [0.5, 0.6) is 0 Å². The first-order chi connectivity index (χ1) is 10.4. The Hall–Kier alpha value is -0.260. The molecule has 11 rings (SSSR count). The third-order valence-corrected chi connectivity index (χ3v) is 13.7.